The highest BCUT2D eigenvalue weighted by Gasteiger charge is 2.15. The molecule has 0 fully saturated rings. The van der Waals surface area contributed by atoms with E-state index in [1.807, 2.05) is 12.1 Å². The number of hydrogen-bond acceptors (Lipinski definition) is 2. The molecule has 1 aromatic rings. The number of hydrogen-bond donors (Lipinski definition) is 1. The minimum atomic E-state index is 0.229. The Morgan fingerprint density at radius 1 is 1.50 bits per heavy atom. The summed E-state index contributed by atoms with van der Waals surface area (Å²) in [7, 11) is 0. The van der Waals surface area contributed by atoms with Gasteiger partial charge in [0.25, 0.3) is 0 Å². The Hall–Kier alpha value is -0.760. The molecule has 0 aliphatic rings. The van der Waals surface area contributed by atoms with Crippen LogP contribution in [0.1, 0.15) is 26.0 Å². The maximum Gasteiger partial charge on any atom is 0.103 e. The molecule has 2 N–H and O–H groups in total. The van der Waals surface area contributed by atoms with Crippen LogP contribution in [0.3, 0.4) is 0 Å². The van der Waals surface area contributed by atoms with Gasteiger partial charge in [0.2, 0.25) is 0 Å². The van der Waals surface area contributed by atoms with E-state index in [2.05, 4.69) is 13.8 Å². The SMILES string of the molecule is CC(C)(CN)CCc1ccco1. The maximum absolute atomic E-state index is 5.62. The van der Waals surface area contributed by atoms with Crippen LogP contribution < -0.4 is 5.73 Å². The Morgan fingerprint density at radius 3 is 2.75 bits per heavy atom. The summed E-state index contributed by atoms with van der Waals surface area (Å²) >= 11 is 0. The Bertz CT molecular complexity index is 214. The minimum absolute atomic E-state index is 0.229. The Balaban J connectivity index is 2.36. The first kappa shape index (κ1) is 9.33. The molecule has 1 heterocycles. The largest absolute Gasteiger partial charge is 0.469 e. The van der Waals surface area contributed by atoms with Gasteiger partial charge in [-0.1, -0.05) is 13.8 Å². The van der Waals surface area contributed by atoms with E-state index in [0.717, 1.165) is 25.1 Å². The lowest BCUT2D eigenvalue weighted by atomic mass is 9.88. The van der Waals surface area contributed by atoms with Crippen molar-refractivity contribution in [3.63, 3.8) is 0 Å². The fourth-order valence-corrected chi connectivity index (χ4v) is 1.02. The maximum atomic E-state index is 5.62. The Kier molecular flexibility index (Phi) is 2.93. The molecule has 0 aromatic carbocycles. The zero-order chi connectivity index (χ0) is 9.03. The lowest BCUT2D eigenvalue weighted by Gasteiger charge is -2.21. The van der Waals surface area contributed by atoms with Crippen LogP contribution in [0.5, 0.6) is 0 Å². The molecule has 0 aliphatic carbocycles. The van der Waals surface area contributed by atoms with E-state index in [1.165, 1.54) is 0 Å². The standard InChI is InChI=1S/C10H17NO/c1-10(2,8-11)6-5-9-4-3-7-12-9/h3-4,7H,5-6,8,11H2,1-2H3. The van der Waals surface area contributed by atoms with Crippen molar-refractivity contribution in [2.24, 2.45) is 11.1 Å². The number of furan rings is 1. The van der Waals surface area contributed by atoms with Crippen molar-refractivity contribution in [2.75, 3.05) is 6.54 Å². The molecule has 1 rings (SSSR count). The molecule has 0 bridgehead atoms. The summed E-state index contributed by atoms with van der Waals surface area (Å²) in [5.41, 5.74) is 5.84. The molecule has 0 amide bonds. The van der Waals surface area contributed by atoms with E-state index < -0.39 is 0 Å². The Morgan fingerprint density at radius 2 is 2.25 bits per heavy atom. The average molecular weight is 167 g/mol. The van der Waals surface area contributed by atoms with Gasteiger partial charge in [0.1, 0.15) is 5.76 Å². The summed E-state index contributed by atoms with van der Waals surface area (Å²) < 4.78 is 5.23. The van der Waals surface area contributed by atoms with Crippen LogP contribution in [0.15, 0.2) is 22.8 Å². The first-order valence-electron chi connectivity index (χ1n) is 4.36. The quantitative estimate of drug-likeness (QED) is 0.746. The average Bonchev–Trinajstić information content (AvgIpc) is 2.53. The summed E-state index contributed by atoms with van der Waals surface area (Å²) in [6.07, 6.45) is 3.78. The van der Waals surface area contributed by atoms with Crippen molar-refractivity contribution in [2.45, 2.75) is 26.7 Å². The van der Waals surface area contributed by atoms with Gasteiger partial charge in [-0.3, -0.25) is 0 Å². The molecule has 0 unspecified atom stereocenters. The first-order chi connectivity index (χ1) is 5.64. The molecule has 68 valence electrons. The van der Waals surface area contributed by atoms with Crippen LogP contribution in [0.2, 0.25) is 0 Å². The molecular weight excluding hydrogens is 150 g/mol. The van der Waals surface area contributed by atoms with Crippen molar-refractivity contribution in [3.8, 4) is 0 Å². The fraction of sp³-hybridized carbons (Fsp3) is 0.600. The lowest BCUT2D eigenvalue weighted by Crippen LogP contribution is -2.23. The number of rotatable bonds is 4. The molecule has 0 saturated heterocycles. The van der Waals surface area contributed by atoms with Crippen molar-refractivity contribution in [3.05, 3.63) is 24.2 Å². The molecule has 0 aliphatic heterocycles. The topological polar surface area (TPSA) is 39.2 Å². The van der Waals surface area contributed by atoms with Gasteiger partial charge < -0.3 is 10.2 Å². The zero-order valence-electron chi connectivity index (χ0n) is 7.84. The first-order valence-corrected chi connectivity index (χ1v) is 4.36. The highest BCUT2D eigenvalue weighted by Crippen LogP contribution is 2.20. The summed E-state index contributed by atoms with van der Waals surface area (Å²) in [6.45, 7) is 5.08. The van der Waals surface area contributed by atoms with Crippen molar-refractivity contribution >= 4 is 0 Å². The van der Waals surface area contributed by atoms with Gasteiger partial charge in [-0.15, -0.1) is 0 Å². The molecule has 12 heavy (non-hydrogen) atoms. The molecule has 0 radical (unpaired) electrons. The third-order valence-electron chi connectivity index (χ3n) is 2.18. The van der Waals surface area contributed by atoms with Crippen LogP contribution >= 0.6 is 0 Å². The molecule has 1 aromatic heterocycles. The second-order valence-electron chi connectivity index (χ2n) is 3.95. The van der Waals surface area contributed by atoms with E-state index in [-0.39, 0.29) is 5.41 Å². The molecule has 2 nitrogen and oxygen atoms in total. The summed E-state index contributed by atoms with van der Waals surface area (Å²) in [4.78, 5) is 0. The van der Waals surface area contributed by atoms with Crippen LogP contribution in [-0.2, 0) is 6.42 Å². The molecule has 0 spiro atoms. The van der Waals surface area contributed by atoms with E-state index in [9.17, 15) is 0 Å². The molecular formula is C10H17NO. The van der Waals surface area contributed by atoms with Crippen LogP contribution in [0.4, 0.5) is 0 Å². The van der Waals surface area contributed by atoms with Gasteiger partial charge in [0.05, 0.1) is 6.26 Å². The van der Waals surface area contributed by atoms with Gasteiger partial charge >= 0.3 is 0 Å². The molecule has 0 saturated carbocycles. The van der Waals surface area contributed by atoms with Crippen LogP contribution in [-0.4, -0.2) is 6.54 Å². The number of aryl methyl sites for hydroxylation is 1. The van der Waals surface area contributed by atoms with Gasteiger partial charge in [0, 0.05) is 6.42 Å². The third kappa shape index (κ3) is 2.70. The Labute approximate surface area is 73.8 Å². The normalized spacial score (nSPS) is 11.9. The van der Waals surface area contributed by atoms with E-state index in [4.69, 9.17) is 10.2 Å². The van der Waals surface area contributed by atoms with Gasteiger partial charge in [0.15, 0.2) is 0 Å². The lowest BCUT2D eigenvalue weighted by molar-refractivity contribution is 0.334. The smallest absolute Gasteiger partial charge is 0.103 e. The van der Waals surface area contributed by atoms with E-state index >= 15 is 0 Å². The van der Waals surface area contributed by atoms with Crippen molar-refractivity contribution in [1.82, 2.24) is 0 Å². The molecule has 2 heteroatoms. The van der Waals surface area contributed by atoms with Crippen molar-refractivity contribution in [1.29, 1.82) is 0 Å². The van der Waals surface area contributed by atoms with Gasteiger partial charge in [-0.05, 0) is 30.5 Å². The summed E-state index contributed by atoms with van der Waals surface area (Å²) in [5, 5.41) is 0. The van der Waals surface area contributed by atoms with E-state index in [1.54, 1.807) is 6.26 Å². The molecule has 0 atom stereocenters. The summed E-state index contributed by atoms with van der Waals surface area (Å²) in [6, 6.07) is 3.93. The predicted octanol–water partition coefficient (Wildman–Crippen LogP) is 2.20. The van der Waals surface area contributed by atoms with Crippen LogP contribution in [0, 0.1) is 5.41 Å². The minimum Gasteiger partial charge on any atom is -0.469 e. The zero-order valence-corrected chi connectivity index (χ0v) is 7.84. The highest BCUT2D eigenvalue weighted by molar-refractivity contribution is 4.98. The second-order valence-corrected chi connectivity index (χ2v) is 3.95. The number of nitrogens with two attached hydrogens (primary N) is 1. The second kappa shape index (κ2) is 3.76. The highest BCUT2D eigenvalue weighted by atomic mass is 16.3. The van der Waals surface area contributed by atoms with Crippen molar-refractivity contribution < 1.29 is 4.42 Å². The monoisotopic (exact) mass is 167 g/mol. The van der Waals surface area contributed by atoms with E-state index in [0.29, 0.717) is 0 Å². The van der Waals surface area contributed by atoms with Gasteiger partial charge in [-0.25, -0.2) is 0 Å². The third-order valence-corrected chi connectivity index (χ3v) is 2.18. The van der Waals surface area contributed by atoms with Crippen LogP contribution in [0.25, 0.3) is 0 Å². The predicted molar refractivity (Wildman–Crippen MR) is 49.9 cm³/mol. The summed E-state index contributed by atoms with van der Waals surface area (Å²) in [5.74, 6) is 1.05. The fourth-order valence-electron chi connectivity index (χ4n) is 1.02. The van der Waals surface area contributed by atoms with Gasteiger partial charge in [-0.2, -0.15) is 0 Å².